The Hall–Kier alpha value is -0.710. The summed E-state index contributed by atoms with van der Waals surface area (Å²) in [7, 11) is 0. The van der Waals surface area contributed by atoms with Crippen LogP contribution in [0.15, 0.2) is 0 Å². The van der Waals surface area contributed by atoms with E-state index in [1.165, 1.54) is 12.8 Å². The molecule has 0 bridgehead atoms. The second-order valence-electron chi connectivity index (χ2n) is 8.60. The van der Waals surface area contributed by atoms with Crippen LogP contribution < -0.4 is 0 Å². The normalized spacial score (nSPS) is 30.4. The highest BCUT2D eigenvalue weighted by Crippen LogP contribution is 2.23. The van der Waals surface area contributed by atoms with Crippen LogP contribution in [0.2, 0.25) is 0 Å². The highest BCUT2D eigenvalue weighted by Gasteiger charge is 2.26. The quantitative estimate of drug-likeness (QED) is 0.674. The van der Waals surface area contributed by atoms with E-state index in [1.54, 1.807) is 11.8 Å². The van der Waals surface area contributed by atoms with Gasteiger partial charge in [-0.05, 0) is 36.5 Å². The molecular weight excluding hydrogens is 332 g/mol. The smallest absolute Gasteiger partial charge is 0.223 e. The molecule has 0 aromatic heterocycles. The maximum absolute atomic E-state index is 12.3. The fourth-order valence-corrected chi connectivity index (χ4v) is 5.31. The Kier molecular flexibility index (Phi) is 8.11. The van der Waals surface area contributed by atoms with Gasteiger partial charge in [0.2, 0.25) is 11.8 Å². The molecule has 2 fully saturated rings. The molecule has 25 heavy (non-hydrogen) atoms. The molecule has 2 heterocycles. The summed E-state index contributed by atoms with van der Waals surface area (Å²) < 4.78 is 0. The van der Waals surface area contributed by atoms with E-state index >= 15 is 0 Å². The zero-order chi connectivity index (χ0) is 18.4. The minimum atomic E-state index is 0.288. The van der Waals surface area contributed by atoms with Gasteiger partial charge >= 0.3 is 0 Å². The predicted octanol–water partition coefficient (Wildman–Crippen LogP) is 3.51. The molecule has 2 aliphatic rings. The van der Waals surface area contributed by atoms with Gasteiger partial charge in [-0.2, -0.15) is 11.8 Å². The second kappa shape index (κ2) is 9.84. The third-order valence-electron chi connectivity index (χ3n) is 5.36. The van der Waals surface area contributed by atoms with E-state index in [0.29, 0.717) is 36.5 Å². The molecule has 4 nitrogen and oxygen atoms in total. The van der Waals surface area contributed by atoms with Crippen LogP contribution in [0.3, 0.4) is 0 Å². The second-order valence-corrected chi connectivity index (χ2v) is 9.83. The first kappa shape index (κ1) is 20.6. The summed E-state index contributed by atoms with van der Waals surface area (Å²) in [5, 5.41) is 0. The zero-order valence-electron chi connectivity index (χ0n) is 16.5. The maximum atomic E-state index is 12.3. The van der Waals surface area contributed by atoms with Crippen LogP contribution in [0.1, 0.15) is 53.4 Å². The molecule has 5 heteroatoms. The molecule has 0 aromatic rings. The van der Waals surface area contributed by atoms with Crippen LogP contribution in [0.4, 0.5) is 0 Å². The average molecular weight is 369 g/mol. The van der Waals surface area contributed by atoms with Crippen LogP contribution in [-0.4, -0.2) is 59.3 Å². The van der Waals surface area contributed by atoms with Gasteiger partial charge in [0.15, 0.2) is 0 Å². The molecule has 2 amide bonds. The first-order chi connectivity index (χ1) is 11.8. The van der Waals surface area contributed by atoms with Crippen molar-refractivity contribution in [2.24, 2.45) is 23.7 Å². The summed E-state index contributed by atoms with van der Waals surface area (Å²) in [5.41, 5.74) is 0. The molecule has 2 rings (SSSR count). The predicted molar refractivity (Wildman–Crippen MR) is 106 cm³/mol. The van der Waals surface area contributed by atoms with E-state index < -0.39 is 0 Å². The Labute approximate surface area is 158 Å². The lowest BCUT2D eigenvalue weighted by Crippen LogP contribution is -2.43. The van der Waals surface area contributed by atoms with Crippen molar-refractivity contribution in [3.8, 4) is 0 Å². The fourth-order valence-electron chi connectivity index (χ4n) is 4.47. The molecule has 0 N–H and O–H groups in total. The Morgan fingerprint density at radius 1 is 0.720 bits per heavy atom. The van der Waals surface area contributed by atoms with Crippen molar-refractivity contribution in [3.05, 3.63) is 0 Å². The van der Waals surface area contributed by atoms with Gasteiger partial charge in [-0.25, -0.2) is 0 Å². The van der Waals surface area contributed by atoms with Crippen LogP contribution in [0.25, 0.3) is 0 Å². The molecule has 0 saturated carbocycles. The first-order valence-corrected chi connectivity index (χ1v) is 11.1. The SMILES string of the molecule is CC1CC(C)CN(C(=O)CCSCCC(=O)N2CC(C)CC(C)C2)C1. The monoisotopic (exact) mass is 368 g/mol. The minimum absolute atomic E-state index is 0.288. The van der Waals surface area contributed by atoms with Gasteiger partial charge < -0.3 is 9.80 Å². The van der Waals surface area contributed by atoms with E-state index in [9.17, 15) is 9.59 Å². The van der Waals surface area contributed by atoms with E-state index in [-0.39, 0.29) is 11.8 Å². The number of thioether (sulfide) groups is 1. The number of carbonyl (C=O) groups is 2. The molecule has 4 unspecified atom stereocenters. The molecule has 0 radical (unpaired) electrons. The number of hydrogen-bond donors (Lipinski definition) is 0. The Morgan fingerprint density at radius 2 is 1.04 bits per heavy atom. The van der Waals surface area contributed by atoms with Crippen LogP contribution in [-0.2, 0) is 9.59 Å². The lowest BCUT2D eigenvalue weighted by atomic mass is 9.92. The van der Waals surface area contributed by atoms with E-state index in [0.717, 1.165) is 37.7 Å². The topological polar surface area (TPSA) is 40.6 Å². The molecule has 2 aliphatic heterocycles. The van der Waals surface area contributed by atoms with Crippen molar-refractivity contribution in [1.82, 2.24) is 9.80 Å². The molecule has 0 aliphatic carbocycles. The van der Waals surface area contributed by atoms with E-state index in [1.807, 2.05) is 9.80 Å². The van der Waals surface area contributed by atoms with Crippen molar-refractivity contribution < 1.29 is 9.59 Å². The molecule has 0 aromatic carbocycles. The zero-order valence-corrected chi connectivity index (χ0v) is 17.3. The van der Waals surface area contributed by atoms with Crippen LogP contribution >= 0.6 is 11.8 Å². The summed E-state index contributed by atoms with van der Waals surface area (Å²) in [4.78, 5) is 28.8. The molecule has 144 valence electrons. The van der Waals surface area contributed by atoms with Crippen LogP contribution in [0, 0.1) is 23.7 Å². The van der Waals surface area contributed by atoms with Gasteiger partial charge in [0, 0.05) is 50.5 Å². The molecule has 4 atom stereocenters. The molecular formula is C20H36N2O2S. The lowest BCUT2D eigenvalue weighted by molar-refractivity contribution is -0.134. The average Bonchev–Trinajstić information content (AvgIpc) is 2.52. The van der Waals surface area contributed by atoms with Crippen molar-refractivity contribution in [2.45, 2.75) is 53.4 Å². The van der Waals surface area contributed by atoms with Gasteiger partial charge in [0.1, 0.15) is 0 Å². The van der Waals surface area contributed by atoms with Crippen molar-refractivity contribution >= 4 is 23.6 Å². The van der Waals surface area contributed by atoms with Gasteiger partial charge in [0.05, 0.1) is 0 Å². The number of hydrogen-bond acceptors (Lipinski definition) is 3. The number of carbonyl (C=O) groups excluding carboxylic acids is 2. The highest BCUT2D eigenvalue weighted by atomic mass is 32.2. The number of piperidine rings is 2. The first-order valence-electron chi connectivity index (χ1n) is 9.98. The van der Waals surface area contributed by atoms with Crippen LogP contribution in [0.5, 0.6) is 0 Å². The minimum Gasteiger partial charge on any atom is -0.342 e. The van der Waals surface area contributed by atoms with Gasteiger partial charge in [0.25, 0.3) is 0 Å². The fraction of sp³-hybridized carbons (Fsp3) is 0.900. The highest BCUT2D eigenvalue weighted by molar-refractivity contribution is 7.99. The van der Waals surface area contributed by atoms with E-state index in [4.69, 9.17) is 0 Å². The number of rotatable bonds is 6. The standard InChI is InChI=1S/C20H36N2O2S/c1-15-9-16(2)12-21(11-15)19(23)5-7-25-8-6-20(24)22-13-17(3)10-18(4)14-22/h15-18H,5-14H2,1-4H3. The maximum Gasteiger partial charge on any atom is 0.223 e. The summed E-state index contributed by atoms with van der Waals surface area (Å²) >= 11 is 1.75. The third kappa shape index (κ3) is 6.84. The summed E-state index contributed by atoms with van der Waals surface area (Å²) in [6, 6.07) is 0. The summed E-state index contributed by atoms with van der Waals surface area (Å²) in [6.45, 7) is 12.6. The number of amides is 2. The van der Waals surface area contributed by atoms with Gasteiger partial charge in [-0.15, -0.1) is 0 Å². The third-order valence-corrected chi connectivity index (χ3v) is 6.35. The number of likely N-dealkylation sites (tertiary alicyclic amines) is 2. The lowest BCUT2D eigenvalue weighted by Gasteiger charge is -2.35. The Morgan fingerprint density at radius 3 is 1.36 bits per heavy atom. The van der Waals surface area contributed by atoms with E-state index in [2.05, 4.69) is 27.7 Å². The summed E-state index contributed by atoms with van der Waals surface area (Å²) in [6.07, 6.45) is 3.68. The van der Waals surface area contributed by atoms with Crippen molar-refractivity contribution in [3.63, 3.8) is 0 Å². The number of nitrogens with zero attached hydrogens (tertiary/aromatic N) is 2. The Balaban J connectivity index is 1.59. The van der Waals surface area contributed by atoms with Gasteiger partial charge in [-0.3, -0.25) is 9.59 Å². The van der Waals surface area contributed by atoms with Gasteiger partial charge in [-0.1, -0.05) is 27.7 Å². The van der Waals surface area contributed by atoms with Crippen molar-refractivity contribution in [1.29, 1.82) is 0 Å². The van der Waals surface area contributed by atoms with Crippen molar-refractivity contribution in [2.75, 3.05) is 37.7 Å². The summed E-state index contributed by atoms with van der Waals surface area (Å²) in [5.74, 6) is 4.71. The largest absolute Gasteiger partial charge is 0.342 e. The molecule has 2 saturated heterocycles. The Bertz CT molecular complexity index is 397. The molecule has 0 spiro atoms.